The van der Waals surface area contributed by atoms with Crippen LogP contribution in [-0.4, -0.2) is 15.5 Å². The molecule has 1 heterocycles. The average molecular weight is 401 g/mol. The van der Waals surface area contributed by atoms with Gasteiger partial charge in [0, 0.05) is 12.5 Å². The second-order valence-corrected chi connectivity index (χ2v) is 8.55. The monoisotopic (exact) mass is 400 g/mol. The molecule has 1 aliphatic rings. The van der Waals surface area contributed by atoms with Crippen molar-refractivity contribution in [1.82, 2.24) is 4.57 Å². The molecule has 0 bridgehead atoms. The SMILES string of the molecule is CCCCCCn1c(O)c(C(=O)C2CCC(CCCC)CC2)c(C)c(C#N)c1=O. The number of pyridine rings is 1. The van der Waals surface area contributed by atoms with E-state index < -0.39 is 5.56 Å². The number of aromatic hydroxyl groups is 1. The number of carbonyl (C=O) groups is 1. The van der Waals surface area contributed by atoms with Crippen LogP contribution in [0.15, 0.2) is 4.79 Å². The maximum absolute atomic E-state index is 13.3. The number of carbonyl (C=O) groups excluding carboxylic acids is 1. The van der Waals surface area contributed by atoms with Gasteiger partial charge in [-0.1, -0.05) is 52.4 Å². The molecular weight excluding hydrogens is 364 g/mol. The van der Waals surface area contributed by atoms with Gasteiger partial charge in [0.1, 0.15) is 11.6 Å². The molecule has 5 heteroatoms. The molecular formula is C24H36N2O3. The minimum absolute atomic E-state index is 0.0155. The highest BCUT2D eigenvalue weighted by Gasteiger charge is 2.31. The highest BCUT2D eigenvalue weighted by molar-refractivity contribution is 6.01. The van der Waals surface area contributed by atoms with Gasteiger partial charge in [-0.2, -0.15) is 5.26 Å². The minimum Gasteiger partial charge on any atom is -0.494 e. The fourth-order valence-corrected chi connectivity index (χ4v) is 4.56. The summed E-state index contributed by atoms with van der Waals surface area (Å²) in [4.78, 5) is 26.0. The van der Waals surface area contributed by atoms with Gasteiger partial charge in [0.15, 0.2) is 5.78 Å². The largest absolute Gasteiger partial charge is 0.494 e. The van der Waals surface area contributed by atoms with Gasteiger partial charge in [-0.3, -0.25) is 14.2 Å². The van der Waals surface area contributed by atoms with Crippen molar-refractivity contribution < 1.29 is 9.90 Å². The minimum atomic E-state index is -0.487. The van der Waals surface area contributed by atoms with E-state index in [1.807, 2.05) is 6.07 Å². The number of nitriles is 1. The standard InChI is InChI=1S/C24H36N2O3/c1-4-6-8-9-15-26-23(28)20(16-25)17(3)21(24(26)29)22(27)19-13-11-18(12-14-19)10-7-5-2/h18-19,29H,4-15H2,1-3H3. The average Bonchev–Trinajstić information content (AvgIpc) is 2.72. The van der Waals surface area contributed by atoms with Gasteiger partial charge in [-0.15, -0.1) is 0 Å². The second kappa shape index (κ2) is 11.2. The lowest BCUT2D eigenvalue weighted by molar-refractivity contribution is 0.0864. The Hall–Kier alpha value is -2.09. The first-order valence-electron chi connectivity index (χ1n) is 11.4. The third-order valence-corrected chi connectivity index (χ3v) is 6.47. The van der Waals surface area contributed by atoms with E-state index in [1.165, 1.54) is 23.8 Å². The molecule has 0 atom stereocenters. The molecule has 0 radical (unpaired) electrons. The Morgan fingerprint density at radius 2 is 1.76 bits per heavy atom. The number of Topliss-reactive ketones (excluding diaryl/α,β-unsaturated/α-hetero) is 1. The molecule has 1 aromatic heterocycles. The van der Waals surface area contributed by atoms with Crippen LogP contribution in [0.3, 0.4) is 0 Å². The van der Waals surface area contributed by atoms with Crippen molar-refractivity contribution in [2.75, 3.05) is 0 Å². The van der Waals surface area contributed by atoms with Gasteiger partial charge in [-0.05, 0) is 50.5 Å². The van der Waals surface area contributed by atoms with Crippen LogP contribution in [0.2, 0.25) is 0 Å². The molecule has 1 aromatic rings. The van der Waals surface area contributed by atoms with Crippen molar-refractivity contribution in [3.8, 4) is 11.9 Å². The molecule has 0 unspecified atom stereocenters. The molecule has 0 amide bonds. The summed E-state index contributed by atoms with van der Waals surface area (Å²) in [7, 11) is 0. The van der Waals surface area contributed by atoms with Crippen molar-refractivity contribution in [1.29, 1.82) is 5.26 Å². The molecule has 160 valence electrons. The molecule has 1 fully saturated rings. The van der Waals surface area contributed by atoms with Crippen LogP contribution < -0.4 is 5.56 Å². The van der Waals surface area contributed by atoms with E-state index in [1.54, 1.807) is 6.92 Å². The fourth-order valence-electron chi connectivity index (χ4n) is 4.56. The van der Waals surface area contributed by atoms with Crippen LogP contribution in [-0.2, 0) is 6.54 Å². The zero-order chi connectivity index (χ0) is 21.4. The number of rotatable bonds is 10. The number of unbranched alkanes of at least 4 members (excludes halogenated alkanes) is 4. The number of nitrogens with zero attached hydrogens (tertiary/aromatic N) is 2. The van der Waals surface area contributed by atoms with Crippen molar-refractivity contribution in [2.45, 2.75) is 97.9 Å². The third kappa shape index (κ3) is 5.50. The van der Waals surface area contributed by atoms with Crippen molar-refractivity contribution in [3.63, 3.8) is 0 Å². The lowest BCUT2D eigenvalue weighted by Crippen LogP contribution is -2.29. The van der Waals surface area contributed by atoms with E-state index in [-0.39, 0.29) is 28.7 Å². The zero-order valence-electron chi connectivity index (χ0n) is 18.3. The summed E-state index contributed by atoms with van der Waals surface area (Å²) in [5.74, 6) is 0.208. The van der Waals surface area contributed by atoms with Gasteiger partial charge in [-0.25, -0.2) is 0 Å². The first-order valence-corrected chi connectivity index (χ1v) is 11.4. The summed E-state index contributed by atoms with van der Waals surface area (Å²) in [6, 6.07) is 1.96. The molecule has 29 heavy (non-hydrogen) atoms. The Labute approximate surface area is 174 Å². The highest BCUT2D eigenvalue weighted by Crippen LogP contribution is 2.36. The highest BCUT2D eigenvalue weighted by atomic mass is 16.3. The summed E-state index contributed by atoms with van der Waals surface area (Å²) in [5.41, 5.74) is 0.0173. The predicted molar refractivity (Wildman–Crippen MR) is 115 cm³/mol. The molecule has 1 N–H and O–H groups in total. The number of hydrogen-bond donors (Lipinski definition) is 1. The molecule has 0 saturated heterocycles. The van der Waals surface area contributed by atoms with Crippen molar-refractivity contribution >= 4 is 5.78 Å². The second-order valence-electron chi connectivity index (χ2n) is 8.55. The van der Waals surface area contributed by atoms with Crippen LogP contribution in [0.25, 0.3) is 0 Å². The van der Waals surface area contributed by atoms with E-state index in [4.69, 9.17) is 0 Å². The van der Waals surface area contributed by atoms with Crippen LogP contribution >= 0.6 is 0 Å². The lowest BCUT2D eigenvalue weighted by atomic mass is 9.76. The zero-order valence-corrected chi connectivity index (χ0v) is 18.3. The smallest absolute Gasteiger partial charge is 0.271 e. The Morgan fingerprint density at radius 3 is 2.34 bits per heavy atom. The van der Waals surface area contributed by atoms with Gasteiger partial charge in [0.05, 0.1) is 5.56 Å². The molecule has 1 saturated carbocycles. The predicted octanol–water partition coefficient (Wildman–Crippen LogP) is 5.49. The Kier molecular flexibility index (Phi) is 8.95. The van der Waals surface area contributed by atoms with Gasteiger partial charge in [0.2, 0.25) is 5.88 Å². The third-order valence-electron chi connectivity index (χ3n) is 6.47. The molecule has 1 aliphatic carbocycles. The van der Waals surface area contributed by atoms with E-state index in [9.17, 15) is 20.0 Å². The Balaban J connectivity index is 2.26. The van der Waals surface area contributed by atoms with E-state index in [0.717, 1.165) is 51.4 Å². The first kappa shape index (κ1) is 23.2. The number of hydrogen-bond acceptors (Lipinski definition) is 4. The topological polar surface area (TPSA) is 83.1 Å². The van der Waals surface area contributed by atoms with Crippen LogP contribution in [0.5, 0.6) is 5.88 Å². The Morgan fingerprint density at radius 1 is 1.10 bits per heavy atom. The van der Waals surface area contributed by atoms with E-state index >= 15 is 0 Å². The van der Waals surface area contributed by atoms with E-state index in [0.29, 0.717) is 18.0 Å². The van der Waals surface area contributed by atoms with Gasteiger partial charge in [0.25, 0.3) is 5.56 Å². The summed E-state index contributed by atoms with van der Waals surface area (Å²) in [6.07, 6.45) is 11.2. The molecule has 0 spiro atoms. The summed E-state index contributed by atoms with van der Waals surface area (Å²) in [5, 5.41) is 20.3. The first-order chi connectivity index (χ1) is 14.0. The molecule has 5 nitrogen and oxygen atoms in total. The summed E-state index contributed by atoms with van der Waals surface area (Å²) < 4.78 is 1.24. The normalized spacial score (nSPS) is 19.1. The lowest BCUT2D eigenvalue weighted by Gasteiger charge is -2.28. The Bertz CT molecular complexity index is 796. The maximum Gasteiger partial charge on any atom is 0.271 e. The molecule has 2 rings (SSSR count). The van der Waals surface area contributed by atoms with Crippen LogP contribution in [0, 0.1) is 30.1 Å². The quantitative estimate of drug-likeness (QED) is 0.415. The van der Waals surface area contributed by atoms with Gasteiger partial charge >= 0.3 is 0 Å². The number of aromatic nitrogens is 1. The van der Waals surface area contributed by atoms with E-state index in [2.05, 4.69) is 13.8 Å². The van der Waals surface area contributed by atoms with Crippen LogP contribution in [0.4, 0.5) is 0 Å². The number of ketones is 1. The summed E-state index contributed by atoms with van der Waals surface area (Å²) in [6.45, 7) is 6.26. The van der Waals surface area contributed by atoms with Crippen molar-refractivity contribution in [2.24, 2.45) is 11.8 Å². The molecule has 0 aromatic carbocycles. The fraction of sp³-hybridized carbons (Fsp3) is 0.708. The van der Waals surface area contributed by atoms with Crippen LogP contribution in [0.1, 0.15) is 106 Å². The van der Waals surface area contributed by atoms with Gasteiger partial charge < -0.3 is 5.11 Å². The maximum atomic E-state index is 13.3. The van der Waals surface area contributed by atoms with Crippen molar-refractivity contribution in [3.05, 3.63) is 27.0 Å². The molecule has 0 aliphatic heterocycles. The summed E-state index contributed by atoms with van der Waals surface area (Å²) >= 11 is 0.